The molecule has 0 aliphatic carbocycles. The van der Waals surface area contributed by atoms with Gasteiger partial charge in [-0.3, -0.25) is 29.1 Å². The Morgan fingerprint density at radius 1 is 1.19 bits per heavy atom. The molecule has 0 bridgehead atoms. The second kappa shape index (κ2) is 8.84. The number of imide groups is 1. The van der Waals surface area contributed by atoms with Crippen LogP contribution in [0, 0.1) is 6.92 Å². The van der Waals surface area contributed by atoms with Crippen molar-refractivity contribution in [3.8, 4) is 5.75 Å². The zero-order valence-electron chi connectivity index (χ0n) is 19.0. The van der Waals surface area contributed by atoms with Crippen molar-refractivity contribution < 1.29 is 27.9 Å². The van der Waals surface area contributed by atoms with E-state index in [0.29, 0.717) is 0 Å². The lowest BCUT2D eigenvalue weighted by Crippen LogP contribution is -2.45. The molecule has 0 saturated carbocycles. The van der Waals surface area contributed by atoms with E-state index in [1.807, 2.05) is 0 Å². The van der Waals surface area contributed by atoms with Crippen molar-refractivity contribution in [3.63, 3.8) is 0 Å². The fraction of sp³-hybridized carbons (Fsp3) is 0.261. The van der Waals surface area contributed by atoms with Gasteiger partial charge in [0.05, 0.1) is 28.7 Å². The van der Waals surface area contributed by atoms with Crippen LogP contribution in [0.3, 0.4) is 0 Å². The summed E-state index contributed by atoms with van der Waals surface area (Å²) in [5, 5.41) is 4.81. The van der Waals surface area contributed by atoms with Crippen LogP contribution in [0.15, 0.2) is 46.1 Å². The minimum absolute atomic E-state index is 0.0350. The van der Waals surface area contributed by atoms with Gasteiger partial charge in [0.2, 0.25) is 11.8 Å². The van der Waals surface area contributed by atoms with Crippen molar-refractivity contribution in [1.29, 1.82) is 0 Å². The Kier molecular flexibility index (Phi) is 5.80. The quantitative estimate of drug-likeness (QED) is 0.341. The molecule has 2 unspecified atom stereocenters. The maximum Gasteiger partial charge on any atom is 0.264 e. The van der Waals surface area contributed by atoms with Gasteiger partial charge in [0.15, 0.2) is 15.3 Å². The van der Waals surface area contributed by atoms with E-state index < -0.39 is 39.7 Å². The average Bonchev–Trinajstić information content (AvgIpc) is 3.01. The number of nitrogens with zero attached hydrogens (tertiary/aromatic N) is 2. The molecule has 5 rings (SSSR count). The van der Waals surface area contributed by atoms with E-state index in [4.69, 9.17) is 4.74 Å². The number of hydrogen-bond acceptors (Lipinski definition) is 8. The van der Waals surface area contributed by atoms with Crippen molar-refractivity contribution in [2.45, 2.75) is 30.7 Å². The molecule has 0 spiro atoms. The second-order valence-corrected chi connectivity index (χ2v) is 10.1. The minimum atomic E-state index is -4.24. The number of hydrogen-bond donors (Lipinski definition) is 3. The molecule has 3 heterocycles. The smallest absolute Gasteiger partial charge is 0.264 e. The first-order valence-corrected chi connectivity index (χ1v) is 12.6. The molecule has 2 atom stereocenters. The Bertz CT molecular complexity index is 1550. The number of carbonyl (C=O) groups is 3. The van der Waals surface area contributed by atoms with Crippen LogP contribution in [-0.4, -0.2) is 45.0 Å². The molecule has 36 heavy (non-hydrogen) atoms. The number of aromatic nitrogens is 2. The zero-order chi connectivity index (χ0) is 25.6. The van der Waals surface area contributed by atoms with E-state index in [9.17, 15) is 27.9 Å². The van der Waals surface area contributed by atoms with Crippen LogP contribution in [-0.2, 0) is 24.2 Å². The Morgan fingerprint density at radius 3 is 2.78 bits per heavy atom. The maximum absolute atomic E-state index is 13.5. The fourth-order valence-corrected chi connectivity index (χ4v) is 5.44. The molecular formula is C23H21N5O7S. The number of carbonyl (C=O) groups excluding carboxylic acids is 3. The normalized spacial score (nSPS) is 19.4. The predicted octanol–water partition coefficient (Wildman–Crippen LogP) is 0.821. The maximum atomic E-state index is 13.5. The van der Waals surface area contributed by atoms with Crippen LogP contribution in [0.5, 0.6) is 5.75 Å². The molecule has 12 nitrogen and oxygen atoms in total. The highest BCUT2D eigenvalue weighted by molar-refractivity contribution is 7.99. The molecule has 2 aliphatic rings. The van der Waals surface area contributed by atoms with Gasteiger partial charge in [-0.25, -0.2) is 9.71 Å². The van der Waals surface area contributed by atoms with Gasteiger partial charge < -0.3 is 14.6 Å². The van der Waals surface area contributed by atoms with E-state index in [1.54, 1.807) is 19.1 Å². The first-order valence-electron chi connectivity index (χ1n) is 11.1. The van der Waals surface area contributed by atoms with Crippen LogP contribution >= 0.6 is 0 Å². The van der Waals surface area contributed by atoms with E-state index in [0.717, 1.165) is 0 Å². The molecule has 3 aromatic rings. The van der Waals surface area contributed by atoms with Crippen LogP contribution in [0.25, 0.3) is 10.9 Å². The van der Waals surface area contributed by atoms with E-state index in [-0.39, 0.29) is 64.6 Å². The van der Waals surface area contributed by atoms with E-state index >= 15 is 0 Å². The molecule has 1 saturated heterocycles. The van der Waals surface area contributed by atoms with Crippen molar-refractivity contribution >= 4 is 44.7 Å². The lowest BCUT2D eigenvalue weighted by molar-refractivity contribution is -0.135. The number of sulfonamides is 1. The molecule has 1 fully saturated rings. The van der Waals surface area contributed by atoms with Gasteiger partial charge in [0.25, 0.3) is 11.5 Å². The SMILES string of the molecule is Cc1nc2cccc(N[S+](=O)([O-])c3ccc4c(c3)C(=O)NCCO4)c2c(=O)n1C1CCC(=O)NC1=O. The summed E-state index contributed by atoms with van der Waals surface area (Å²) in [4.78, 5) is 54.1. The summed E-state index contributed by atoms with van der Waals surface area (Å²) in [5.74, 6) is -0.999. The highest BCUT2D eigenvalue weighted by Crippen LogP contribution is 2.30. The third kappa shape index (κ3) is 4.12. The molecule has 186 valence electrons. The Hall–Kier alpha value is -4.10. The highest BCUT2D eigenvalue weighted by Gasteiger charge is 2.32. The largest absolute Gasteiger partial charge is 0.588 e. The minimum Gasteiger partial charge on any atom is -0.588 e. The topological polar surface area (TPSA) is 172 Å². The summed E-state index contributed by atoms with van der Waals surface area (Å²) < 4.78 is 35.6. The van der Waals surface area contributed by atoms with Crippen LogP contribution in [0.1, 0.15) is 35.1 Å². The number of rotatable bonds is 4. The third-order valence-electron chi connectivity index (χ3n) is 6.02. The van der Waals surface area contributed by atoms with Crippen molar-refractivity contribution in [2.75, 3.05) is 17.9 Å². The van der Waals surface area contributed by atoms with Gasteiger partial charge in [-0.15, -0.1) is 0 Å². The number of benzene rings is 2. The van der Waals surface area contributed by atoms with Gasteiger partial charge in [-0.1, -0.05) is 10.3 Å². The number of piperidine rings is 1. The van der Waals surface area contributed by atoms with Crippen LogP contribution in [0.2, 0.25) is 0 Å². The van der Waals surface area contributed by atoms with Gasteiger partial charge >= 0.3 is 0 Å². The summed E-state index contributed by atoms with van der Waals surface area (Å²) in [6, 6.07) is 7.45. The third-order valence-corrected chi connectivity index (χ3v) is 7.39. The molecule has 3 N–H and O–H groups in total. The molecule has 2 aromatic carbocycles. The highest BCUT2D eigenvalue weighted by atomic mass is 32.3. The average molecular weight is 512 g/mol. The number of fused-ring (bicyclic) bond motifs is 2. The Morgan fingerprint density at radius 2 is 2.00 bits per heavy atom. The van der Waals surface area contributed by atoms with E-state index in [2.05, 4.69) is 20.3 Å². The van der Waals surface area contributed by atoms with Crippen molar-refractivity contribution in [1.82, 2.24) is 20.2 Å². The van der Waals surface area contributed by atoms with Gasteiger partial charge in [-0.2, -0.15) is 0 Å². The molecule has 13 heteroatoms. The van der Waals surface area contributed by atoms with Gasteiger partial charge in [0, 0.05) is 12.5 Å². The summed E-state index contributed by atoms with van der Waals surface area (Å²) in [7, 11) is -4.24. The second-order valence-electron chi connectivity index (χ2n) is 8.37. The standard InChI is InChI=1S/C23H21N5O7S/c1-12-25-15-3-2-4-16(20(15)23(32)28(12)17-6-8-19(29)26-22(17)31)27-36(33,34)13-5-7-18-14(11-13)21(30)24-9-10-35-18/h2-5,7,11,17H,6,8-10H2,1H3,(H3-,24,26,27,29,30,31,32,33,34). The molecular weight excluding hydrogens is 490 g/mol. The van der Waals surface area contributed by atoms with Crippen molar-refractivity contribution in [2.24, 2.45) is 0 Å². The first-order chi connectivity index (χ1) is 17.2. The van der Waals surface area contributed by atoms with Gasteiger partial charge in [0.1, 0.15) is 24.2 Å². The van der Waals surface area contributed by atoms with Crippen LogP contribution in [0.4, 0.5) is 5.69 Å². The molecule has 1 aromatic heterocycles. The number of nitrogens with one attached hydrogen (secondary N) is 3. The lowest BCUT2D eigenvalue weighted by Gasteiger charge is -2.25. The predicted molar refractivity (Wildman–Crippen MR) is 127 cm³/mol. The Balaban J connectivity index is 1.58. The summed E-state index contributed by atoms with van der Waals surface area (Å²) in [6.07, 6.45) is 0.177. The van der Waals surface area contributed by atoms with E-state index in [1.165, 1.54) is 28.8 Å². The monoisotopic (exact) mass is 511 g/mol. The summed E-state index contributed by atoms with van der Waals surface area (Å²) in [6.45, 7) is 2.10. The van der Waals surface area contributed by atoms with Crippen molar-refractivity contribution in [3.05, 3.63) is 58.1 Å². The Labute approximate surface area is 205 Å². The number of ether oxygens (including phenoxy) is 1. The van der Waals surface area contributed by atoms with Crippen LogP contribution < -0.4 is 25.7 Å². The fourth-order valence-electron chi connectivity index (χ4n) is 4.34. The molecule has 2 aliphatic heterocycles. The number of amides is 3. The number of anilines is 1. The lowest BCUT2D eigenvalue weighted by atomic mass is 10.1. The van der Waals surface area contributed by atoms with Gasteiger partial charge in [-0.05, 0) is 37.6 Å². The number of aryl methyl sites for hydroxylation is 1. The molecule has 0 radical (unpaired) electrons. The molecule has 3 amide bonds. The summed E-state index contributed by atoms with van der Waals surface area (Å²) >= 11 is 0. The summed E-state index contributed by atoms with van der Waals surface area (Å²) in [5.41, 5.74) is -0.358. The first kappa shape index (κ1) is 23.6. The zero-order valence-corrected chi connectivity index (χ0v) is 19.8.